The summed E-state index contributed by atoms with van der Waals surface area (Å²) in [5, 5.41) is 12.4. The van der Waals surface area contributed by atoms with Gasteiger partial charge in [-0.15, -0.1) is 0 Å². The molecular formula is C20H18O2. The van der Waals surface area contributed by atoms with Crippen molar-refractivity contribution < 1.29 is 9.84 Å². The first-order chi connectivity index (χ1) is 10.8. The first kappa shape index (κ1) is 13.4. The van der Waals surface area contributed by atoms with E-state index in [2.05, 4.69) is 42.5 Å². The Kier molecular flexibility index (Phi) is 3.32. The van der Waals surface area contributed by atoms with E-state index >= 15 is 0 Å². The molecule has 1 aliphatic carbocycles. The van der Waals surface area contributed by atoms with Crippen molar-refractivity contribution in [2.75, 3.05) is 0 Å². The smallest absolute Gasteiger partial charge is 0.120 e. The summed E-state index contributed by atoms with van der Waals surface area (Å²) in [6, 6.07) is 20.8. The fourth-order valence-electron chi connectivity index (χ4n) is 3.14. The number of aliphatic hydroxyl groups excluding tert-OH is 1. The van der Waals surface area contributed by atoms with Crippen LogP contribution in [-0.2, 0) is 13.0 Å². The van der Waals surface area contributed by atoms with E-state index in [1.807, 2.05) is 18.2 Å². The Hall–Kier alpha value is -2.32. The highest BCUT2D eigenvalue weighted by Crippen LogP contribution is 2.33. The first-order valence-electron chi connectivity index (χ1n) is 7.71. The van der Waals surface area contributed by atoms with Gasteiger partial charge in [0.15, 0.2) is 0 Å². The summed E-state index contributed by atoms with van der Waals surface area (Å²) in [5.74, 6) is 0.827. The van der Waals surface area contributed by atoms with Crippen LogP contribution < -0.4 is 4.74 Å². The topological polar surface area (TPSA) is 29.5 Å². The fourth-order valence-corrected chi connectivity index (χ4v) is 3.14. The minimum atomic E-state index is -0.334. The molecule has 0 heterocycles. The van der Waals surface area contributed by atoms with Gasteiger partial charge in [0.25, 0.3) is 0 Å². The summed E-state index contributed by atoms with van der Waals surface area (Å²) in [5.41, 5.74) is 3.42. The molecule has 0 spiro atoms. The van der Waals surface area contributed by atoms with Crippen molar-refractivity contribution in [3.63, 3.8) is 0 Å². The maximum atomic E-state index is 9.95. The van der Waals surface area contributed by atoms with Crippen molar-refractivity contribution in [1.82, 2.24) is 0 Å². The second-order valence-electron chi connectivity index (χ2n) is 5.89. The SMILES string of the molecule is O[C@@H]1CCc2ccc(OCc3ccc4ccccc4c3)cc21. The molecule has 1 aliphatic rings. The Bertz CT molecular complexity index is 823. The monoisotopic (exact) mass is 290 g/mol. The summed E-state index contributed by atoms with van der Waals surface area (Å²) in [4.78, 5) is 0. The average molecular weight is 290 g/mol. The van der Waals surface area contributed by atoms with Crippen LogP contribution in [-0.4, -0.2) is 5.11 Å². The van der Waals surface area contributed by atoms with Gasteiger partial charge in [0.1, 0.15) is 12.4 Å². The van der Waals surface area contributed by atoms with Crippen molar-refractivity contribution in [1.29, 1.82) is 0 Å². The van der Waals surface area contributed by atoms with Gasteiger partial charge in [0.2, 0.25) is 0 Å². The number of rotatable bonds is 3. The molecule has 0 bridgehead atoms. The third kappa shape index (κ3) is 2.46. The lowest BCUT2D eigenvalue weighted by atomic mass is 10.1. The Morgan fingerprint density at radius 2 is 1.82 bits per heavy atom. The van der Waals surface area contributed by atoms with E-state index in [0.717, 1.165) is 29.7 Å². The lowest BCUT2D eigenvalue weighted by Gasteiger charge is -2.10. The third-order valence-electron chi connectivity index (χ3n) is 4.38. The molecule has 0 aliphatic heterocycles. The zero-order valence-electron chi connectivity index (χ0n) is 12.3. The highest BCUT2D eigenvalue weighted by Gasteiger charge is 2.20. The van der Waals surface area contributed by atoms with Gasteiger partial charge in [-0.2, -0.15) is 0 Å². The standard InChI is InChI=1S/C20H18O2/c21-20-10-8-16-7-9-18(12-19(16)20)22-13-14-5-6-15-3-1-2-4-17(15)11-14/h1-7,9,11-12,20-21H,8,10,13H2/t20-/m1/s1. The molecule has 0 amide bonds. The minimum absolute atomic E-state index is 0.334. The molecule has 0 saturated heterocycles. The van der Waals surface area contributed by atoms with E-state index in [0.29, 0.717) is 6.61 Å². The summed E-state index contributed by atoms with van der Waals surface area (Å²) < 4.78 is 5.90. The normalized spacial score (nSPS) is 16.7. The number of benzene rings is 3. The van der Waals surface area contributed by atoms with Crippen LogP contribution >= 0.6 is 0 Å². The number of ether oxygens (including phenoxy) is 1. The fraction of sp³-hybridized carbons (Fsp3) is 0.200. The molecule has 1 atom stereocenters. The van der Waals surface area contributed by atoms with E-state index in [9.17, 15) is 5.11 Å². The molecule has 22 heavy (non-hydrogen) atoms. The van der Waals surface area contributed by atoms with E-state index < -0.39 is 0 Å². The van der Waals surface area contributed by atoms with Crippen LogP contribution in [0.15, 0.2) is 60.7 Å². The molecule has 0 unspecified atom stereocenters. The maximum Gasteiger partial charge on any atom is 0.120 e. The Morgan fingerprint density at radius 3 is 2.73 bits per heavy atom. The second kappa shape index (κ2) is 5.47. The second-order valence-corrected chi connectivity index (χ2v) is 5.89. The number of aliphatic hydroxyl groups is 1. The van der Waals surface area contributed by atoms with Crippen LogP contribution in [0, 0.1) is 0 Å². The number of fused-ring (bicyclic) bond motifs is 2. The van der Waals surface area contributed by atoms with Crippen molar-refractivity contribution in [3.05, 3.63) is 77.4 Å². The highest BCUT2D eigenvalue weighted by molar-refractivity contribution is 5.82. The first-order valence-corrected chi connectivity index (χ1v) is 7.71. The zero-order valence-corrected chi connectivity index (χ0v) is 12.3. The molecule has 2 nitrogen and oxygen atoms in total. The molecular weight excluding hydrogens is 272 g/mol. The average Bonchev–Trinajstić information content (AvgIpc) is 2.93. The van der Waals surface area contributed by atoms with E-state index in [4.69, 9.17) is 4.74 Å². The van der Waals surface area contributed by atoms with Crippen molar-refractivity contribution in [3.8, 4) is 5.75 Å². The molecule has 0 fully saturated rings. The molecule has 0 aromatic heterocycles. The lowest BCUT2D eigenvalue weighted by molar-refractivity contribution is 0.179. The maximum absolute atomic E-state index is 9.95. The van der Waals surface area contributed by atoms with Crippen LogP contribution in [0.5, 0.6) is 5.75 Å². The largest absolute Gasteiger partial charge is 0.489 e. The van der Waals surface area contributed by atoms with E-state index in [1.54, 1.807) is 0 Å². The number of hydrogen-bond acceptors (Lipinski definition) is 2. The summed E-state index contributed by atoms with van der Waals surface area (Å²) in [7, 11) is 0. The Labute approximate surface area is 130 Å². The lowest BCUT2D eigenvalue weighted by Crippen LogP contribution is -1.97. The van der Waals surface area contributed by atoms with Gasteiger partial charge < -0.3 is 9.84 Å². The van der Waals surface area contributed by atoms with Gasteiger partial charge in [0.05, 0.1) is 6.10 Å². The molecule has 110 valence electrons. The molecule has 4 rings (SSSR count). The Balaban J connectivity index is 1.53. The van der Waals surface area contributed by atoms with Crippen LogP contribution in [0.3, 0.4) is 0 Å². The van der Waals surface area contributed by atoms with Crippen molar-refractivity contribution >= 4 is 10.8 Å². The van der Waals surface area contributed by atoms with Crippen LogP contribution in [0.25, 0.3) is 10.8 Å². The predicted molar refractivity (Wildman–Crippen MR) is 88.0 cm³/mol. The van der Waals surface area contributed by atoms with Crippen LogP contribution in [0.2, 0.25) is 0 Å². The summed E-state index contributed by atoms with van der Waals surface area (Å²) in [6.07, 6.45) is 1.45. The highest BCUT2D eigenvalue weighted by atomic mass is 16.5. The Morgan fingerprint density at radius 1 is 0.955 bits per heavy atom. The number of aryl methyl sites for hydroxylation is 1. The zero-order chi connectivity index (χ0) is 14.9. The molecule has 0 radical (unpaired) electrons. The van der Waals surface area contributed by atoms with Gasteiger partial charge >= 0.3 is 0 Å². The van der Waals surface area contributed by atoms with Gasteiger partial charge in [-0.3, -0.25) is 0 Å². The van der Waals surface area contributed by atoms with Gasteiger partial charge in [-0.1, -0.05) is 42.5 Å². The van der Waals surface area contributed by atoms with Gasteiger partial charge in [-0.05, 0) is 58.5 Å². The molecule has 0 saturated carbocycles. The van der Waals surface area contributed by atoms with E-state index in [1.165, 1.54) is 16.3 Å². The quantitative estimate of drug-likeness (QED) is 0.774. The predicted octanol–water partition coefficient (Wildman–Crippen LogP) is 4.40. The minimum Gasteiger partial charge on any atom is -0.489 e. The van der Waals surface area contributed by atoms with Gasteiger partial charge in [-0.25, -0.2) is 0 Å². The van der Waals surface area contributed by atoms with Gasteiger partial charge in [0, 0.05) is 0 Å². The molecule has 1 N–H and O–H groups in total. The van der Waals surface area contributed by atoms with E-state index in [-0.39, 0.29) is 6.10 Å². The van der Waals surface area contributed by atoms with Crippen molar-refractivity contribution in [2.24, 2.45) is 0 Å². The molecule has 3 aromatic rings. The summed E-state index contributed by atoms with van der Waals surface area (Å²) >= 11 is 0. The number of hydrogen-bond donors (Lipinski definition) is 1. The molecule has 2 heteroatoms. The summed E-state index contributed by atoms with van der Waals surface area (Å²) in [6.45, 7) is 0.541. The third-order valence-corrected chi connectivity index (χ3v) is 4.38. The van der Waals surface area contributed by atoms with Crippen molar-refractivity contribution in [2.45, 2.75) is 25.6 Å². The van der Waals surface area contributed by atoms with Crippen LogP contribution in [0.1, 0.15) is 29.2 Å². The molecule has 3 aromatic carbocycles. The van der Waals surface area contributed by atoms with Crippen LogP contribution in [0.4, 0.5) is 0 Å².